The van der Waals surface area contributed by atoms with Gasteiger partial charge in [0.15, 0.2) is 17.5 Å². The molecule has 1 atom stereocenters. The van der Waals surface area contributed by atoms with Crippen molar-refractivity contribution in [3.8, 4) is 17.2 Å². The van der Waals surface area contributed by atoms with Crippen LogP contribution < -0.4 is 15.4 Å². The van der Waals surface area contributed by atoms with Gasteiger partial charge in [0.05, 0.1) is 28.6 Å². The maximum Gasteiger partial charge on any atom is 0.265 e. The predicted molar refractivity (Wildman–Crippen MR) is 114 cm³/mol. The average Bonchev–Trinajstić information content (AvgIpc) is 3.37. The second-order valence-electron chi connectivity index (χ2n) is 7.35. The summed E-state index contributed by atoms with van der Waals surface area (Å²) < 4.78 is 12.7. The molecule has 9 nitrogen and oxygen atoms in total. The SMILES string of the molecule is Cc1nn(C)c2nc(-c3ccco3)cc(C(=O)Nc3ccc4c(c3)NC(=O)C(C)O4)c12. The standard InChI is InChI=1S/C22H19N5O4/c1-11-19-14(10-16(17-5-4-8-30-17)24-20(19)27(3)26-11)22(29)23-13-6-7-18-15(9-13)25-21(28)12(2)31-18/h4-10,12H,1-3H3,(H,23,29)(H,25,28). The molecule has 0 radical (unpaired) electrons. The molecule has 1 aromatic carbocycles. The van der Waals surface area contributed by atoms with Crippen molar-refractivity contribution < 1.29 is 18.7 Å². The predicted octanol–water partition coefficient (Wildman–Crippen LogP) is 3.51. The topological polar surface area (TPSA) is 111 Å². The number of furan rings is 1. The zero-order chi connectivity index (χ0) is 21.7. The number of fused-ring (bicyclic) bond motifs is 2. The molecular weight excluding hydrogens is 398 g/mol. The number of hydrogen-bond acceptors (Lipinski definition) is 6. The van der Waals surface area contributed by atoms with E-state index in [0.29, 0.717) is 50.9 Å². The van der Waals surface area contributed by atoms with Crippen LogP contribution >= 0.6 is 0 Å². The molecule has 2 N–H and O–H groups in total. The third-order valence-electron chi connectivity index (χ3n) is 5.16. The molecule has 0 aliphatic carbocycles. The molecule has 3 aromatic heterocycles. The monoisotopic (exact) mass is 417 g/mol. The van der Waals surface area contributed by atoms with Crippen molar-refractivity contribution in [2.24, 2.45) is 7.05 Å². The highest BCUT2D eigenvalue weighted by Gasteiger charge is 2.24. The van der Waals surface area contributed by atoms with Crippen molar-refractivity contribution >= 4 is 34.2 Å². The number of nitrogens with zero attached hydrogens (tertiary/aromatic N) is 3. The van der Waals surface area contributed by atoms with Crippen molar-refractivity contribution in [3.05, 3.63) is 53.9 Å². The van der Waals surface area contributed by atoms with Gasteiger partial charge in [0.1, 0.15) is 11.4 Å². The lowest BCUT2D eigenvalue weighted by atomic mass is 10.1. The molecule has 9 heteroatoms. The molecule has 31 heavy (non-hydrogen) atoms. The Kier molecular flexibility index (Phi) is 4.25. The number of anilines is 2. The number of aromatic nitrogens is 3. The van der Waals surface area contributed by atoms with Crippen molar-refractivity contribution in [1.29, 1.82) is 0 Å². The highest BCUT2D eigenvalue weighted by molar-refractivity contribution is 6.13. The zero-order valence-electron chi connectivity index (χ0n) is 17.1. The number of amides is 2. The first-order valence-electron chi connectivity index (χ1n) is 9.72. The number of carbonyl (C=O) groups is 2. The van der Waals surface area contributed by atoms with E-state index in [0.717, 1.165) is 0 Å². The summed E-state index contributed by atoms with van der Waals surface area (Å²) in [4.78, 5) is 29.8. The fraction of sp³-hybridized carbons (Fsp3) is 0.182. The molecule has 1 aliphatic rings. The lowest BCUT2D eigenvalue weighted by Gasteiger charge is -2.23. The van der Waals surface area contributed by atoms with Gasteiger partial charge in [-0.25, -0.2) is 4.98 Å². The summed E-state index contributed by atoms with van der Waals surface area (Å²) >= 11 is 0. The van der Waals surface area contributed by atoms with Gasteiger partial charge in [-0.05, 0) is 50.2 Å². The quantitative estimate of drug-likeness (QED) is 0.528. The number of nitrogens with one attached hydrogen (secondary N) is 2. The van der Waals surface area contributed by atoms with Crippen LogP contribution in [0.25, 0.3) is 22.5 Å². The number of carbonyl (C=O) groups excluding carboxylic acids is 2. The number of pyridine rings is 1. The first kappa shape index (κ1) is 18.9. The van der Waals surface area contributed by atoms with Crippen LogP contribution in [0.15, 0.2) is 47.1 Å². The third-order valence-corrected chi connectivity index (χ3v) is 5.16. The Morgan fingerprint density at radius 2 is 2.10 bits per heavy atom. The molecule has 4 aromatic rings. The van der Waals surface area contributed by atoms with Gasteiger partial charge in [0.25, 0.3) is 11.8 Å². The molecular formula is C22H19N5O4. The van der Waals surface area contributed by atoms with Crippen LogP contribution in [0.1, 0.15) is 23.0 Å². The number of ether oxygens (including phenoxy) is 1. The van der Waals surface area contributed by atoms with Crippen LogP contribution in [0.5, 0.6) is 5.75 Å². The highest BCUT2D eigenvalue weighted by Crippen LogP contribution is 2.33. The molecule has 1 aliphatic heterocycles. The molecule has 0 saturated carbocycles. The summed E-state index contributed by atoms with van der Waals surface area (Å²) in [7, 11) is 1.78. The minimum Gasteiger partial charge on any atom is -0.479 e. The summed E-state index contributed by atoms with van der Waals surface area (Å²) in [6.45, 7) is 3.51. The molecule has 4 heterocycles. The fourth-order valence-electron chi connectivity index (χ4n) is 3.66. The lowest BCUT2D eigenvalue weighted by molar-refractivity contribution is -0.122. The van der Waals surface area contributed by atoms with Crippen LogP contribution in [0.3, 0.4) is 0 Å². The second-order valence-corrected chi connectivity index (χ2v) is 7.35. The van der Waals surface area contributed by atoms with Crippen LogP contribution in [0.4, 0.5) is 11.4 Å². The molecule has 156 valence electrons. The number of benzene rings is 1. The first-order valence-corrected chi connectivity index (χ1v) is 9.72. The van der Waals surface area contributed by atoms with Crippen LogP contribution in [0.2, 0.25) is 0 Å². The Balaban J connectivity index is 1.54. The number of aryl methyl sites for hydroxylation is 2. The van der Waals surface area contributed by atoms with Gasteiger partial charge < -0.3 is 19.8 Å². The largest absolute Gasteiger partial charge is 0.479 e. The van der Waals surface area contributed by atoms with E-state index in [-0.39, 0.29) is 11.8 Å². The van der Waals surface area contributed by atoms with Crippen LogP contribution in [-0.4, -0.2) is 32.7 Å². The molecule has 0 saturated heterocycles. The molecule has 1 unspecified atom stereocenters. The van der Waals surface area contributed by atoms with E-state index in [9.17, 15) is 9.59 Å². The van der Waals surface area contributed by atoms with Gasteiger partial charge in [-0.15, -0.1) is 0 Å². The smallest absolute Gasteiger partial charge is 0.265 e. The maximum atomic E-state index is 13.3. The van der Waals surface area contributed by atoms with Gasteiger partial charge in [-0.3, -0.25) is 14.3 Å². The van der Waals surface area contributed by atoms with E-state index in [1.807, 2.05) is 6.92 Å². The Morgan fingerprint density at radius 1 is 1.26 bits per heavy atom. The Labute approximate surface area is 177 Å². The van der Waals surface area contributed by atoms with E-state index in [1.165, 1.54) is 0 Å². The van der Waals surface area contributed by atoms with E-state index in [4.69, 9.17) is 9.15 Å². The number of hydrogen-bond donors (Lipinski definition) is 2. The summed E-state index contributed by atoms with van der Waals surface area (Å²) in [5.41, 5.74) is 3.26. The minimum atomic E-state index is -0.563. The Hall–Kier alpha value is -4.14. The van der Waals surface area contributed by atoms with Crippen molar-refractivity contribution in [3.63, 3.8) is 0 Å². The average molecular weight is 417 g/mol. The van der Waals surface area contributed by atoms with E-state index >= 15 is 0 Å². The van der Waals surface area contributed by atoms with E-state index in [2.05, 4.69) is 20.7 Å². The maximum absolute atomic E-state index is 13.3. The summed E-state index contributed by atoms with van der Waals surface area (Å²) in [5, 5.41) is 10.8. The summed E-state index contributed by atoms with van der Waals surface area (Å²) in [6, 6.07) is 10.3. The van der Waals surface area contributed by atoms with Crippen molar-refractivity contribution in [2.75, 3.05) is 10.6 Å². The first-order chi connectivity index (χ1) is 14.9. The Morgan fingerprint density at radius 3 is 2.87 bits per heavy atom. The molecule has 0 fully saturated rings. The third kappa shape index (κ3) is 3.20. The van der Waals surface area contributed by atoms with Crippen molar-refractivity contribution in [2.45, 2.75) is 20.0 Å². The Bertz CT molecular complexity index is 1340. The van der Waals surface area contributed by atoms with Crippen LogP contribution in [-0.2, 0) is 11.8 Å². The second kappa shape index (κ2) is 6.98. The summed E-state index contributed by atoms with van der Waals surface area (Å²) in [5.74, 6) is 0.547. The highest BCUT2D eigenvalue weighted by atomic mass is 16.5. The van der Waals surface area contributed by atoms with Gasteiger partial charge in [0.2, 0.25) is 0 Å². The van der Waals surface area contributed by atoms with E-state index in [1.54, 1.807) is 61.3 Å². The fourth-order valence-corrected chi connectivity index (χ4v) is 3.66. The lowest BCUT2D eigenvalue weighted by Crippen LogP contribution is -2.34. The summed E-state index contributed by atoms with van der Waals surface area (Å²) in [6.07, 6.45) is 0.992. The van der Waals surface area contributed by atoms with Gasteiger partial charge in [-0.1, -0.05) is 0 Å². The van der Waals surface area contributed by atoms with Gasteiger partial charge >= 0.3 is 0 Å². The normalized spacial score (nSPS) is 15.3. The number of rotatable bonds is 3. The van der Waals surface area contributed by atoms with Crippen molar-refractivity contribution in [1.82, 2.24) is 14.8 Å². The van der Waals surface area contributed by atoms with E-state index < -0.39 is 6.10 Å². The zero-order valence-corrected chi connectivity index (χ0v) is 17.1. The molecule has 0 spiro atoms. The molecule has 5 rings (SSSR count). The minimum absolute atomic E-state index is 0.235. The molecule has 2 amide bonds. The molecule has 0 bridgehead atoms. The van der Waals surface area contributed by atoms with Gasteiger partial charge in [0, 0.05) is 12.7 Å². The van der Waals surface area contributed by atoms with Gasteiger partial charge in [-0.2, -0.15) is 5.10 Å². The van der Waals surface area contributed by atoms with Crippen LogP contribution in [0, 0.1) is 6.92 Å².